The van der Waals surface area contributed by atoms with Gasteiger partial charge in [0.25, 0.3) is 0 Å². The molecular weight excluding hydrogens is 500 g/mol. The zero-order valence-corrected chi connectivity index (χ0v) is 19.9. The molecule has 1 fully saturated rings. The average Bonchev–Trinajstić information content (AvgIpc) is 3.44. The highest BCUT2D eigenvalue weighted by Gasteiger charge is 2.42. The predicted octanol–water partition coefficient (Wildman–Crippen LogP) is 4.21. The molecule has 1 unspecified atom stereocenters. The van der Waals surface area contributed by atoms with Crippen molar-refractivity contribution in [3.63, 3.8) is 0 Å². The molecule has 8 nitrogen and oxygen atoms in total. The Hall–Kier alpha value is -3.16. The minimum atomic E-state index is -4.63. The van der Waals surface area contributed by atoms with Crippen LogP contribution >= 0.6 is 11.3 Å². The van der Waals surface area contributed by atoms with E-state index in [1.807, 2.05) is 4.90 Å². The molecule has 2 aliphatic rings. The molecule has 36 heavy (non-hydrogen) atoms. The van der Waals surface area contributed by atoms with E-state index in [9.17, 15) is 13.2 Å². The number of fused-ring (bicyclic) bond motifs is 3. The molecule has 13 heteroatoms. The molecule has 0 radical (unpaired) electrons. The molecule has 4 aromatic heterocycles. The topological polar surface area (TPSA) is 77.7 Å². The highest BCUT2D eigenvalue weighted by Crippen LogP contribution is 2.43. The molecule has 0 spiro atoms. The Morgan fingerprint density at radius 1 is 1.08 bits per heavy atom. The summed E-state index contributed by atoms with van der Waals surface area (Å²) in [7, 11) is 0. The van der Waals surface area contributed by atoms with Gasteiger partial charge in [-0.2, -0.15) is 13.2 Å². The van der Waals surface area contributed by atoms with E-state index in [1.54, 1.807) is 4.40 Å². The summed E-state index contributed by atoms with van der Waals surface area (Å²) in [5, 5.41) is 0.283. The molecule has 0 aromatic carbocycles. The first kappa shape index (κ1) is 23.3. The Kier molecular flexibility index (Phi) is 5.65. The number of hydrogen-bond donors (Lipinski definition) is 0. The van der Waals surface area contributed by atoms with Crippen LogP contribution in [0.15, 0.2) is 24.7 Å². The first-order valence-electron chi connectivity index (χ1n) is 11.3. The summed E-state index contributed by atoms with van der Waals surface area (Å²) in [6.45, 7) is 4.22. The maximum Gasteiger partial charge on any atom is 0.434 e. The predicted molar refractivity (Wildman–Crippen MR) is 123 cm³/mol. The fourth-order valence-corrected chi connectivity index (χ4v) is 5.57. The SMILES string of the molecule is Cc1nc(C(F)(F)F)c(C2OCCc3nc4cc(F)c(-c5cnc(N6CCOCC6)nc5)cn4c32)s1. The molecule has 6 rings (SSSR count). The van der Waals surface area contributed by atoms with Crippen molar-refractivity contribution in [2.75, 3.05) is 37.8 Å². The van der Waals surface area contributed by atoms with Gasteiger partial charge in [0, 0.05) is 55.3 Å². The molecule has 4 aromatic rings. The molecule has 0 aliphatic carbocycles. The molecule has 1 saturated heterocycles. The molecule has 6 heterocycles. The first-order chi connectivity index (χ1) is 17.3. The van der Waals surface area contributed by atoms with E-state index >= 15 is 4.39 Å². The third-order valence-electron chi connectivity index (χ3n) is 6.20. The molecule has 0 saturated carbocycles. The number of thiazole rings is 1. The van der Waals surface area contributed by atoms with E-state index in [-0.39, 0.29) is 27.7 Å². The van der Waals surface area contributed by atoms with Crippen molar-refractivity contribution in [3.8, 4) is 11.1 Å². The largest absolute Gasteiger partial charge is 0.434 e. The van der Waals surface area contributed by atoms with Gasteiger partial charge in [0.1, 0.15) is 17.6 Å². The Labute approximate surface area is 206 Å². The van der Waals surface area contributed by atoms with E-state index in [1.165, 1.54) is 31.6 Å². The molecule has 1 atom stereocenters. The summed E-state index contributed by atoms with van der Waals surface area (Å²) in [5.41, 5.74) is 0.979. The van der Waals surface area contributed by atoms with Crippen molar-refractivity contribution in [2.45, 2.75) is 25.6 Å². The van der Waals surface area contributed by atoms with Crippen molar-refractivity contribution < 1.29 is 27.0 Å². The molecule has 2 aliphatic heterocycles. The van der Waals surface area contributed by atoms with Crippen molar-refractivity contribution in [2.24, 2.45) is 0 Å². The number of anilines is 1. The number of rotatable bonds is 3. The van der Waals surface area contributed by atoms with Gasteiger partial charge in [-0.25, -0.2) is 24.3 Å². The molecular formula is C23H20F4N6O2S. The Morgan fingerprint density at radius 3 is 2.56 bits per heavy atom. The van der Waals surface area contributed by atoms with E-state index in [2.05, 4.69) is 19.9 Å². The van der Waals surface area contributed by atoms with E-state index in [0.29, 0.717) is 55.6 Å². The number of alkyl halides is 3. The van der Waals surface area contributed by atoms with Crippen LogP contribution in [0, 0.1) is 12.7 Å². The quantitative estimate of drug-likeness (QED) is 0.375. The molecule has 188 valence electrons. The fourth-order valence-electron chi connectivity index (χ4n) is 4.57. The second-order valence-electron chi connectivity index (χ2n) is 8.52. The minimum absolute atomic E-state index is 0.0353. The van der Waals surface area contributed by atoms with Crippen LogP contribution in [0.4, 0.5) is 23.5 Å². The number of imidazole rings is 1. The normalized spacial score (nSPS) is 18.6. The number of nitrogens with zero attached hydrogens (tertiary/aromatic N) is 6. The lowest BCUT2D eigenvalue weighted by atomic mass is 10.1. The van der Waals surface area contributed by atoms with Crippen LogP contribution in [-0.2, 0) is 22.1 Å². The summed E-state index contributed by atoms with van der Waals surface area (Å²) in [6.07, 6.45) is -0.655. The Morgan fingerprint density at radius 2 is 1.83 bits per heavy atom. The number of hydrogen-bond acceptors (Lipinski definition) is 8. The van der Waals surface area contributed by atoms with Gasteiger partial charge in [-0.1, -0.05) is 0 Å². The van der Waals surface area contributed by atoms with E-state index in [0.717, 1.165) is 11.3 Å². The van der Waals surface area contributed by atoms with Gasteiger partial charge in [-0.3, -0.25) is 4.40 Å². The Bertz CT molecular complexity index is 1430. The van der Waals surface area contributed by atoms with Gasteiger partial charge >= 0.3 is 6.18 Å². The van der Waals surface area contributed by atoms with Crippen molar-refractivity contribution in [1.82, 2.24) is 24.3 Å². The van der Waals surface area contributed by atoms with E-state index in [4.69, 9.17) is 9.47 Å². The summed E-state index contributed by atoms with van der Waals surface area (Å²) in [5.74, 6) is -0.00749. The number of ether oxygens (including phenoxy) is 2. The van der Waals surface area contributed by atoms with Crippen molar-refractivity contribution in [3.05, 3.63) is 57.4 Å². The number of aromatic nitrogens is 5. The third kappa shape index (κ3) is 4.00. The molecule has 0 bridgehead atoms. The summed E-state index contributed by atoms with van der Waals surface area (Å²) in [6, 6.07) is 1.27. The monoisotopic (exact) mass is 520 g/mol. The maximum atomic E-state index is 15.1. The number of morpholine rings is 1. The van der Waals surface area contributed by atoms with Crippen LogP contribution < -0.4 is 4.90 Å². The lowest BCUT2D eigenvalue weighted by molar-refractivity contribution is -0.142. The van der Waals surface area contributed by atoms with Gasteiger partial charge in [0.2, 0.25) is 5.95 Å². The van der Waals surface area contributed by atoms with Crippen LogP contribution in [0.1, 0.15) is 33.1 Å². The number of pyridine rings is 1. The van der Waals surface area contributed by atoms with Gasteiger partial charge in [0.05, 0.1) is 41.1 Å². The van der Waals surface area contributed by atoms with Crippen LogP contribution in [0.3, 0.4) is 0 Å². The first-order valence-corrected chi connectivity index (χ1v) is 12.1. The van der Waals surface area contributed by atoms with Crippen LogP contribution in [0.5, 0.6) is 0 Å². The lowest BCUT2D eigenvalue weighted by Crippen LogP contribution is -2.37. The van der Waals surface area contributed by atoms with Gasteiger partial charge in [-0.15, -0.1) is 11.3 Å². The van der Waals surface area contributed by atoms with Gasteiger partial charge < -0.3 is 14.4 Å². The summed E-state index contributed by atoms with van der Waals surface area (Å²) < 4.78 is 69.1. The highest BCUT2D eigenvalue weighted by atomic mass is 32.1. The summed E-state index contributed by atoms with van der Waals surface area (Å²) in [4.78, 5) is 18.9. The fraction of sp³-hybridized carbons (Fsp3) is 0.391. The van der Waals surface area contributed by atoms with Crippen molar-refractivity contribution in [1.29, 1.82) is 0 Å². The van der Waals surface area contributed by atoms with Gasteiger partial charge in [0.15, 0.2) is 5.69 Å². The van der Waals surface area contributed by atoms with Crippen LogP contribution in [0.2, 0.25) is 0 Å². The van der Waals surface area contributed by atoms with Crippen molar-refractivity contribution >= 4 is 22.9 Å². The number of halogens is 4. The Balaban J connectivity index is 1.43. The molecule has 0 N–H and O–H groups in total. The number of aryl methyl sites for hydroxylation is 1. The standard InChI is InChI=1S/C23H20F4N6O2S/c1-12-30-21(23(25,26)27)20(36-12)19-18-16(2-5-35-19)31-17-8-15(24)14(11-33(17)18)13-9-28-22(29-10-13)32-3-6-34-7-4-32/h8-11,19H,2-7H2,1H3. The van der Waals surface area contributed by atoms with Crippen LogP contribution in [-0.4, -0.2) is 57.2 Å². The smallest absolute Gasteiger partial charge is 0.378 e. The van der Waals surface area contributed by atoms with Crippen LogP contribution in [0.25, 0.3) is 16.8 Å². The maximum absolute atomic E-state index is 15.1. The third-order valence-corrected chi connectivity index (χ3v) is 7.22. The minimum Gasteiger partial charge on any atom is -0.378 e. The second kappa shape index (κ2) is 8.75. The van der Waals surface area contributed by atoms with E-state index < -0.39 is 23.8 Å². The second-order valence-corrected chi connectivity index (χ2v) is 9.76. The average molecular weight is 521 g/mol. The highest BCUT2D eigenvalue weighted by molar-refractivity contribution is 7.11. The zero-order valence-electron chi connectivity index (χ0n) is 19.0. The summed E-state index contributed by atoms with van der Waals surface area (Å²) >= 11 is 0.937. The zero-order chi connectivity index (χ0) is 25.0. The molecule has 0 amide bonds. The van der Waals surface area contributed by atoms with Gasteiger partial charge in [-0.05, 0) is 6.92 Å². The lowest BCUT2D eigenvalue weighted by Gasteiger charge is -2.26.